The minimum atomic E-state index is -0.0553. The number of nitrogens with zero attached hydrogens (tertiary/aromatic N) is 3. The Balaban J connectivity index is 0.00000128. The summed E-state index contributed by atoms with van der Waals surface area (Å²) in [6, 6.07) is 5.08. The third-order valence-electron chi connectivity index (χ3n) is 1.97. The van der Waals surface area contributed by atoms with E-state index >= 15 is 0 Å². The normalized spacial score (nSPS) is 9.62. The summed E-state index contributed by atoms with van der Waals surface area (Å²) in [5.41, 5.74) is 1.78. The van der Waals surface area contributed by atoms with Gasteiger partial charge in [0.15, 0.2) is 0 Å². The SMILES string of the molecule is Cc1cc(C)nc(-[n+]2cccc([O-])c2)n1.Cl. The number of pyridine rings is 1. The van der Waals surface area contributed by atoms with Crippen LogP contribution in [0.15, 0.2) is 30.6 Å². The molecule has 2 aromatic rings. The molecule has 0 bridgehead atoms. The van der Waals surface area contributed by atoms with E-state index < -0.39 is 0 Å². The summed E-state index contributed by atoms with van der Waals surface area (Å²) in [6.45, 7) is 3.81. The highest BCUT2D eigenvalue weighted by Gasteiger charge is 2.10. The maximum atomic E-state index is 11.2. The largest absolute Gasteiger partial charge is 0.871 e. The summed E-state index contributed by atoms with van der Waals surface area (Å²) < 4.78 is 1.63. The van der Waals surface area contributed by atoms with Gasteiger partial charge in [0, 0.05) is 6.07 Å². The van der Waals surface area contributed by atoms with E-state index in [4.69, 9.17) is 0 Å². The fourth-order valence-corrected chi connectivity index (χ4v) is 1.40. The van der Waals surface area contributed by atoms with Gasteiger partial charge in [0.05, 0.1) is 12.4 Å². The number of aromatic nitrogens is 3. The van der Waals surface area contributed by atoms with E-state index in [1.54, 1.807) is 16.8 Å². The van der Waals surface area contributed by atoms with E-state index in [1.807, 2.05) is 19.9 Å². The van der Waals surface area contributed by atoms with Crippen molar-refractivity contribution < 1.29 is 9.67 Å². The number of aryl methyl sites for hydroxylation is 2. The summed E-state index contributed by atoms with van der Waals surface area (Å²) >= 11 is 0. The number of halogens is 1. The summed E-state index contributed by atoms with van der Waals surface area (Å²) in [4.78, 5) is 8.52. The van der Waals surface area contributed by atoms with Crippen LogP contribution in [0, 0.1) is 13.8 Å². The van der Waals surface area contributed by atoms with Crippen molar-refractivity contribution in [2.75, 3.05) is 0 Å². The van der Waals surface area contributed by atoms with Gasteiger partial charge in [0.1, 0.15) is 11.4 Å². The van der Waals surface area contributed by atoms with Crippen LogP contribution in [0.4, 0.5) is 0 Å². The van der Waals surface area contributed by atoms with Gasteiger partial charge >= 0.3 is 5.95 Å². The zero-order valence-electron chi connectivity index (χ0n) is 9.04. The molecule has 2 heterocycles. The summed E-state index contributed by atoms with van der Waals surface area (Å²) in [7, 11) is 0. The van der Waals surface area contributed by atoms with Gasteiger partial charge in [-0.15, -0.1) is 12.4 Å². The Hall–Kier alpha value is -1.68. The molecule has 2 rings (SSSR count). The van der Waals surface area contributed by atoms with E-state index in [0.29, 0.717) is 5.95 Å². The van der Waals surface area contributed by atoms with Crippen LogP contribution in [0.2, 0.25) is 0 Å². The van der Waals surface area contributed by atoms with Gasteiger partial charge in [-0.25, -0.2) is 4.57 Å². The first-order chi connectivity index (χ1) is 7.15. The zero-order valence-corrected chi connectivity index (χ0v) is 9.86. The van der Waals surface area contributed by atoms with E-state index in [2.05, 4.69) is 9.97 Å². The molecule has 0 saturated carbocycles. The van der Waals surface area contributed by atoms with Crippen molar-refractivity contribution in [2.24, 2.45) is 0 Å². The van der Waals surface area contributed by atoms with Gasteiger partial charge in [-0.1, -0.05) is 21.8 Å². The van der Waals surface area contributed by atoms with Gasteiger partial charge in [-0.2, -0.15) is 0 Å². The molecule has 0 aliphatic heterocycles. The van der Waals surface area contributed by atoms with E-state index in [0.717, 1.165) is 11.4 Å². The predicted octanol–water partition coefficient (Wildman–Crippen LogP) is 0.866. The molecule has 0 aromatic carbocycles. The van der Waals surface area contributed by atoms with Gasteiger partial charge in [-0.3, -0.25) is 0 Å². The molecule has 84 valence electrons. The lowest BCUT2D eigenvalue weighted by Gasteiger charge is -2.04. The van der Waals surface area contributed by atoms with Gasteiger partial charge < -0.3 is 5.11 Å². The quantitative estimate of drug-likeness (QED) is 0.692. The molecule has 0 saturated heterocycles. The van der Waals surface area contributed by atoms with Crippen molar-refractivity contribution in [3.8, 4) is 11.7 Å². The second-order valence-electron chi connectivity index (χ2n) is 3.40. The summed E-state index contributed by atoms with van der Waals surface area (Å²) in [5, 5.41) is 11.2. The van der Waals surface area contributed by atoms with Crippen molar-refractivity contribution >= 4 is 12.4 Å². The van der Waals surface area contributed by atoms with Crippen molar-refractivity contribution in [2.45, 2.75) is 13.8 Å². The van der Waals surface area contributed by atoms with Crippen LogP contribution in [-0.2, 0) is 0 Å². The molecule has 4 nitrogen and oxygen atoms in total. The lowest BCUT2D eigenvalue weighted by molar-refractivity contribution is -0.607. The van der Waals surface area contributed by atoms with Gasteiger partial charge in [0.2, 0.25) is 0 Å². The van der Waals surface area contributed by atoms with Crippen molar-refractivity contribution in [1.82, 2.24) is 9.97 Å². The lowest BCUT2D eigenvalue weighted by atomic mass is 10.3. The molecule has 5 heteroatoms. The lowest BCUT2D eigenvalue weighted by Crippen LogP contribution is -2.33. The number of rotatable bonds is 1. The molecule has 0 aliphatic rings. The summed E-state index contributed by atoms with van der Waals surface area (Å²) in [6.07, 6.45) is 3.23. The second kappa shape index (κ2) is 4.90. The Morgan fingerprint density at radius 3 is 2.38 bits per heavy atom. The van der Waals surface area contributed by atoms with Gasteiger partial charge in [-0.05, 0) is 19.9 Å². The molecule has 0 atom stereocenters. The van der Waals surface area contributed by atoms with Gasteiger partial charge in [0.25, 0.3) is 0 Å². The first kappa shape index (κ1) is 12.4. The smallest absolute Gasteiger partial charge is 0.437 e. The van der Waals surface area contributed by atoms with Crippen LogP contribution < -0.4 is 9.67 Å². The molecule has 0 fully saturated rings. The monoisotopic (exact) mass is 237 g/mol. The van der Waals surface area contributed by atoms with E-state index in [1.165, 1.54) is 12.3 Å². The molecular weight excluding hydrogens is 226 g/mol. The highest BCUT2D eigenvalue weighted by Crippen LogP contribution is 2.01. The summed E-state index contributed by atoms with van der Waals surface area (Å²) in [5.74, 6) is 0.477. The van der Waals surface area contributed by atoms with Crippen LogP contribution >= 0.6 is 12.4 Å². The fourth-order valence-electron chi connectivity index (χ4n) is 1.40. The van der Waals surface area contributed by atoms with Crippen molar-refractivity contribution in [1.29, 1.82) is 0 Å². The Kier molecular flexibility index (Phi) is 3.79. The van der Waals surface area contributed by atoms with Crippen LogP contribution in [-0.4, -0.2) is 9.97 Å². The average molecular weight is 238 g/mol. The average Bonchev–Trinajstić information content (AvgIpc) is 2.16. The molecule has 0 N–H and O–H groups in total. The first-order valence-corrected chi connectivity index (χ1v) is 4.66. The highest BCUT2D eigenvalue weighted by atomic mass is 35.5. The van der Waals surface area contributed by atoms with E-state index in [-0.39, 0.29) is 18.2 Å². The third-order valence-corrected chi connectivity index (χ3v) is 1.97. The van der Waals surface area contributed by atoms with Crippen LogP contribution in [0.1, 0.15) is 11.4 Å². The molecule has 0 aliphatic carbocycles. The van der Waals surface area contributed by atoms with Crippen molar-refractivity contribution in [3.63, 3.8) is 0 Å². The maximum Gasteiger partial charge on any atom is 0.437 e. The fraction of sp³-hybridized carbons (Fsp3) is 0.182. The standard InChI is InChI=1S/C11H11N3O.ClH/c1-8-6-9(2)13-11(12-8)14-5-3-4-10(15)7-14;/h3-7H,1-2H3;1H. The Labute approximate surface area is 100 Å². The maximum absolute atomic E-state index is 11.2. The minimum Gasteiger partial charge on any atom is -0.871 e. The molecule has 2 aromatic heterocycles. The highest BCUT2D eigenvalue weighted by molar-refractivity contribution is 5.85. The minimum absolute atomic E-state index is 0. The van der Waals surface area contributed by atoms with Crippen LogP contribution in [0.3, 0.4) is 0 Å². The zero-order chi connectivity index (χ0) is 10.8. The first-order valence-electron chi connectivity index (χ1n) is 4.66. The Bertz CT molecular complexity index is 482. The predicted molar refractivity (Wildman–Crippen MR) is 59.7 cm³/mol. The number of hydrogen-bond acceptors (Lipinski definition) is 3. The van der Waals surface area contributed by atoms with E-state index in [9.17, 15) is 5.11 Å². The second-order valence-corrected chi connectivity index (χ2v) is 3.40. The molecular formula is C11H12ClN3O. The third kappa shape index (κ3) is 2.67. The molecule has 0 radical (unpaired) electrons. The van der Waals surface area contributed by atoms with Crippen LogP contribution in [0.5, 0.6) is 5.75 Å². The molecule has 16 heavy (non-hydrogen) atoms. The Morgan fingerprint density at radius 1 is 1.19 bits per heavy atom. The van der Waals surface area contributed by atoms with Crippen molar-refractivity contribution in [3.05, 3.63) is 42.0 Å². The Morgan fingerprint density at radius 2 is 1.81 bits per heavy atom. The molecule has 0 unspecified atom stereocenters. The van der Waals surface area contributed by atoms with Crippen LogP contribution in [0.25, 0.3) is 5.95 Å². The molecule has 0 spiro atoms. The molecule has 0 amide bonds. The number of hydrogen-bond donors (Lipinski definition) is 0. The topological polar surface area (TPSA) is 52.7 Å².